The minimum Gasteiger partial charge on any atom is -0.375 e. The van der Waals surface area contributed by atoms with Crippen LogP contribution in [0.1, 0.15) is 175 Å². The molecule has 0 aliphatic carbocycles. The van der Waals surface area contributed by atoms with Gasteiger partial charge in [-0.05, 0) is 69.9 Å². The van der Waals surface area contributed by atoms with Crippen molar-refractivity contribution in [3.63, 3.8) is 0 Å². The van der Waals surface area contributed by atoms with Crippen LogP contribution in [0.5, 0.6) is 0 Å². The summed E-state index contributed by atoms with van der Waals surface area (Å²) in [6, 6.07) is 0.716. The Labute approximate surface area is 235 Å². The van der Waals surface area contributed by atoms with Gasteiger partial charge in [-0.3, -0.25) is 0 Å². The molecule has 0 saturated carbocycles. The van der Waals surface area contributed by atoms with E-state index in [2.05, 4.69) is 69.7 Å². The maximum atomic E-state index is 4.11. The van der Waals surface area contributed by atoms with E-state index in [0.717, 1.165) is 5.92 Å². The Balaban J connectivity index is 4.22. The molecular weight excluding hydrogens is 446 g/mol. The van der Waals surface area contributed by atoms with Gasteiger partial charge in [-0.1, -0.05) is 148 Å². The first kappa shape index (κ1) is 36.0. The lowest BCUT2D eigenvalue weighted by molar-refractivity contribution is 0.239. The summed E-state index contributed by atoms with van der Waals surface area (Å²) in [5.74, 6) is 0.978. The van der Waals surface area contributed by atoms with Crippen LogP contribution in [0.2, 0.25) is 0 Å². The number of allylic oxidation sites excluding steroid dienone is 4. The predicted octanol–water partition coefficient (Wildman–Crippen LogP) is 12.6. The van der Waals surface area contributed by atoms with E-state index in [1.165, 1.54) is 154 Å². The van der Waals surface area contributed by atoms with E-state index >= 15 is 0 Å². The van der Waals surface area contributed by atoms with Gasteiger partial charge in [-0.2, -0.15) is 0 Å². The zero-order chi connectivity index (χ0) is 27.2. The summed E-state index contributed by atoms with van der Waals surface area (Å²) in [6.07, 6.45) is 43.0. The Morgan fingerprint density at radius 2 is 1.00 bits per heavy atom. The molecule has 0 saturated heterocycles. The van der Waals surface area contributed by atoms with Gasteiger partial charge in [0.05, 0.1) is 0 Å². The first-order chi connectivity index (χ1) is 18.2. The average Bonchev–Trinajstić information content (AvgIpc) is 2.91. The number of nitrogens with zero attached hydrogens (tertiary/aromatic N) is 1. The van der Waals surface area contributed by atoms with Gasteiger partial charge in [0.25, 0.3) is 0 Å². The van der Waals surface area contributed by atoms with Crippen LogP contribution >= 0.6 is 0 Å². The van der Waals surface area contributed by atoms with Crippen LogP contribution in [0, 0.1) is 5.92 Å². The molecule has 0 fully saturated rings. The summed E-state index contributed by atoms with van der Waals surface area (Å²) in [7, 11) is 0. The molecule has 0 radical (unpaired) electrons. The van der Waals surface area contributed by atoms with Crippen LogP contribution in [0.4, 0.5) is 0 Å². The summed E-state index contributed by atoms with van der Waals surface area (Å²) in [6.45, 7) is 14.4. The first-order valence-electron chi connectivity index (χ1n) is 16.9. The molecule has 0 aromatic heterocycles. The molecular formula is C36H69N. The molecule has 1 atom stereocenters. The topological polar surface area (TPSA) is 3.24 Å². The van der Waals surface area contributed by atoms with E-state index in [9.17, 15) is 0 Å². The standard InChI is InChI=1S/C36H69N/c1-6-11-14-16-18-21-25-30-35(31-26-22-19-17-15-12-7-2)32-27-23-20-24-28-33-36(29-9-4)37(10-5)34-13-8-3/h10-12,14-15,35-36H,5-9,13,16-34H2,1-4H3/b14-11-,15-12-. The lowest BCUT2D eigenvalue weighted by atomic mass is 9.89. The minimum absolute atomic E-state index is 0.716. The second-order valence-electron chi connectivity index (χ2n) is 11.5. The van der Waals surface area contributed by atoms with Gasteiger partial charge >= 0.3 is 0 Å². The van der Waals surface area contributed by atoms with E-state index in [4.69, 9.17) is 0 Å². The molecule has 0 heterocycles. The van der Waals surface area contributed by atoms with Crippen molar-refractivity contribution in [1.29, 1.82) is 0 Å². The molecule has 0 aliphatic rings. The number of rotatable bonds is 29. The van der Waals surface area contributed by atoms with Gasteiger partial charge in [0.1, 0.15) is 0 Å². The second-order valence-corrected chi connectivity index (χ2v) is 11.5. The fourth-order valence-corrected chi connectivity index (χ4v) is 5.66. The normalized spacial score (nSPS) is 12.8. The van der Waals surface area contributed by atoms with Crippen LogP contribution in [-0.2, 0) is 0 Å². The Hall–Kier alpha value is -0.980. The highest BCUT2D eigenvalue weighted by Gasteiger charge is 2.13. The van der Waals surface area contributed by atoms with Gasteiger partial charge in [0, 0.05) is 12.6 Å². The molecule has 1 nitrogen and oxygen atoms in total. The van der Waals surface area contributed by atoms with Crippen molar-refractivity contribution in [3.05, 3.63) is 37.1 Å². The predicted molar refractivity (Wildman–Crippen MR) is 171 cm³/mol. The maximum Gasteiger partial charge on any atom is 0.0284 e. The van der Waals surface area contributed by atoms with E-state index in [0.29, 0.717) is 6.04 Å². The third-order valence-corrected chi connectivity index (χ3v) is 8.02. The maximum absolute atomic E-state index is 4.11. The van der Waals surface area contributed by atoms with E-state index in [-0.39, 0.29) is 0 Å². The summed E-state index contributed by atoms with van der Waals surface area (Å²) < 4.78 is 0. The van der Waals surface area contributed by atoms with Gasteiger partial charge in [0.15, 0.2) is 0 Å². The third kappa shape index (κ3) is 23.8. The Morgan fingerprint density at radius 3 is 1.46 bits per heavy atom. The molecule has 0 aromatic carbocycles. The number of hydrogen-bond acceptors (Lipinski definition) is 1. The zero-order valence-corrected chi connectivity index (χ0v) is 26.2. The highest BCUT2D eigenvalue weighted by atomic mass is 15.1. The molecule has 0 spiro atoms. The van der Waals surface area contributed by atoms with Crippen molar-refractivity contribution >= 4 is 0 Å². The average molecular weight is 516 g/mol. The van der Waals surface area contributed by atoms with Crippen LogP contribution in [0.15, 0.2) is 37.1 Å². The highest BCUT2D eigenvalue weighted by molar-refractivity contribution is 4.81. The quantitative estimate of drug-likeness (QED) is 0.0707. The van der Waals surface area contributed by atoms with Crippen LogP contribution < -0.4 is 0 Å². The molecule has 37 heavy (non-hydrogen) atoms. The molecule has 0 amide bonds. The fraction of sp³-hybridized carbons (Fsp3) is 0.833. The Kier molecular flexibility index (Phi) is 28.8. The van der Waals surface area contributed by atoms with Crippen molar-refractivity contribution in [2.45, 2.75) is 181 Å². The van der Waals surface area contributed by atoms with Gasteiger partial charge < -0.3 is 4.90 Å². The van der Waals surface area contributed by atoms with Gasteiger partial charge in [-0.25, -0.2) is 0 Å². The largest absolute Gasteiger partial charge is 0.375 e. The summed E-state index contributed by atoms with van der Waals surface area (Å²) in [5.41, 5.74) is 0. The lowest BCUT2D eigenvalue weighted by Crippen LogP contribution is -2.31. The molecule has 0 aromatic rings. The highest BCUT2D eigenvalue weighted by Crippen LogP contribution is 2.25. The van der Waals surface area contributed by atoms with Gasteiger partial charge in [0.2, 0.25) is 0 Å². The molecule has 1 heteroatoms. The molecule has 0 aliphatic heterocycles. The van der Waals surface area contributed by atoms with Crippen LogP contribution in [-0.4, -0.2) is 17.5 Å². The molecule has 0 bridgehead atoms. The smallest absolute Gasteiger partial charge is 0.0284 e. The molecule has 218 valence electrons. The second kappa shape index (κ2) is 29.6. The van der Waals surface area contributed by atoms with Crippen molar-refractivity contribution in [3.8, 4) is 0 Å². The van der Waals surface area contributed by atoms with E-state index < -0.39 is 0 Å². The Morgan fingerprint density at radius 1 is 0.514 bits per heavy atom. The minimum atomic E-state index is 0.716. The number of hydrogen-bond donors (Lipinski definition) is 0. The fourth-order valence-electron chi connectivity index (χ4n) is 5.66. The summed E-state index contributed by atoms with van der Waals surface area (Å²) in [5, 5.41) is 0. The molecule has 0 N–H and O–H groups in total. The first-order valence-corrected chi connectivity index (χ1v) is 16.9. The molecule has 1 unspecified atom stereocenters. The summed E-state index contributed by atoms with van der Waals surface area (Å²) in [4.78, 5) is 2.54. The van der Waals surface area contributed by atoms with Crippen molar-refractivity contribution in [2.24, 2.45) is 5.92 Å². The summed E-state index contributed by atoms with van der Waals surface area (Å²) >= 11 is 0. The van der Waals surface area contributed by atoms with Crippen molar-refractivity contribution < 1.29 is 0 Å². The zero-order valence-electron chi connectivity index (χ0n) is 26.2. The van der Waals surface area contributed by atoms with Crippen molar-refractivity contribution in [1.82, 2.24) is 4.90 Å². The van der Waals surface area contributed by atoms with Crippen LogP contribution in [0.25, 0.3) is 0 Å². The van der Waals surface area contributed by atoms with Crippen LogP contribution in [0.3, 0.4) is 0 Å². The number of unbranched alkanes of at least 4 members (excludes halogenated alkanes) is 11. The van der Waals surface area contributed by atoms with E-state index in [1.54, 1.807) is 0 Å². The molecule has 0 rings (SSSR count). The third-order valence-electron chi connectivity index (χ3n) is 8.02. The van der Waals surface area contributed by atoms with E-state index in [1.807, 2.05) is 0 Å². The monoisotopic (exact) mass is 516 g/mol. The lowest BCUT2D eigenvalue weighted by Gasteiger charge is -2.30. The SMILES string of the molecule is C=CN(CCCC)C(CCC)CCCCCCCC(CCCCC/C=C\CC)CCCCC/C=C\CC. The Bertz CT molecular complexity index is 481. The van der Waals surface area contributed by atoms with Crippen molar-refractivity contribution in [2.75, 3.05) is 6.54 Å². The van der Waals surface area contributed by atoms with Gasteiger partial charge in [-0.15, -0.1) is 0 Å².